The maximum absolute atomic E-state index is 12.3. The number of aromatic hydroxyl groups is 1. The van der Waals surface area contributed by atoms with Gasteiger partial charge in [-0.3, -0.25) is 0 Å². The van der Waals surface area contributed by atoms with Gasteiger partial charge in [0.05, 0.1) is 5.56 Å². The minimum absolute atomic E-state index is 0.140. The van der Waals surface area contributed by atoms with Crippen molar-refractivity contribution in [3.05, 3.63) is 65.2 Å². The minimum atomic E-state index is -0.910. The molecule has 136 valence electrons. The van der Waals surface area contributed by atoms with E-state index < -0.39 is 5.97 Å². The fourth-order valence-corrected chi connectivity index (χ4v) is 3.40. The molecule has 0 saturated carbocycles. The molecule has 1 aliphatic heterocycles. The third-order valence-electron chi connectivity index (χ3n) is 4.77. The highest BCUT2D eigenvalue weighted by atomic mass is 16.4. The number of nitrogens with one attached hydrogen (secondary N) is 1. The Morgan fingerprint density at radius 2 is 1.81 bits per heavy atom. The number of hydrogen-bond donors (Lipinski definition) is 3. The first kappa shape index (κ1) is 17.8. The first-order valence-electron chi connectivity index (χ1n) is 8.67. The molecule has 2 aromatic carbocycles. The number of phenolic OH excluding ortho intramolecular Hbond substituents is 1. The number of hydrogen-bond acceptors (Lipinski definition) is 3. The molecule has 0 unspecified atom stereocenters. The number of nitrogens with zero attached hydrogens (tertiary/aromatic N) is 1. The van der Waals surface area contributed by atoms with Crippen molar-refractivity contribution in [1.29, 1.82) is 0 Å². The molecule has 1 aliphatic rings. The summed E-state index contributed by atoms with van der Waals surface area (Å²) >= 11 is 0. The normalized spacial score (nSPS) is 14.8. The molecule has 1 fully saturated rings. The number of likely N-dealkylation sites (tertiary alicyclic amines) is 1. The van der Waals surface area contributed by atoms with Gasteiger partial charge in [-0.1, -0.05) is 30.3 Å². The number of amides is 2. The van der Waals surface area contributed by atoms with E-state index in [9.17, 15) is 19.8 Å². The average molecular weight is 354 g/mol. The molecule has 6 heteroatoms. The lowest BCUT2D eigenvalue weighted by atomic mass is 9.86. The van der Waals surface area contributed by atoms with Crippen LogP contribution in [0.3, 0.4) is 0 Å². The van der Waals surface area contributed by atoms with Crippen molar-refractivity contribution in [1.82, 2.24) is 10.2 Å². The Kier molecular flexibility index (Phi) is 5.41. The SMILES string of the molecule is O=C(O)c1ccccc1C1CCN(C(=O)NCc2cccc(O)c2)CC1. The lowest BCUT2D eigenvalue weighted by Crippen LogP contribution is -2.43. The van der Waals surface area contributed by atoms with E-state index in [1.165, 1.54) is 0 Å². The lowest BCUT2D eigenvalue weighted by molar-refractivity contribution is 0.0694. The van der Waals surface area contributed by atoms with Crippen molar-refractivity contribution in [2.75, 3.05) is 13.1 Å². The van der Waals surface area contributed by atoms with E-state index in [4.69, 9.17) is 0 Å². The Hall–Kier alpha value is -3.02. The second kappa shape index (κ2) is 7.91. The van der Waals surface area contributed by atoms with Crippen molar-refractivity contribution in [3.8, 4) is 5.75 Å². The maximum Gasteiger partial charge on any atom is 0.335 e. The molecule has 3 N–H and O–H groups in total. The van der Waals surface area contributed by atoms with Crippen LogP contribution in [-0.4, -0.2) is 40.2 Å². The van der Waals surface area contributed by atoms with Crippen LogP contribution in [0, 0.1) is 0 Å². The summed E-state index contributed by atoms with van der Waals surface area (Å²) in [6, 6.07) is 13.7. The van der Waals surface area contributed by atoms with Crippen molar-refractivity contribution >= 4 is 12.0 Å². The molecule has 0 radical (unpaired) electrons. The number of phenols is 1. The number of carboxylic acid groups (broad SMARTS) is 1. The van der Waals surface area contributed by atoms with Gasteiger partial charge in [-0.05, 0) is 48.1 Å². The molecule has 3 rings (SSSR count). The van der Waals surface area contributed by atoms with E-state index in [-0.39, 0.29) is 17.7 Å². The van der Waals surface area contributed by atoms with Gasteiger partial charge in [-0.25, -0.2) is 9.59 Å². The fourth-order valence-electron chi connectivity index (χ4n) is 3.40. The van der Waals surface area contributed by atoms with E-state index in [2.05, 4.69) is 5.32 Å². The van der Waals surface area contributed by atoms with Crippen LogP contribution in [-0.2, 0) is 6.54 Å². The van der Waals surface area contributed by atoms with Crippen LogP contribution in [0.5, 0.6) is 5.75 Å². The molecule has 1 heterocycles. The second-order valence-corrected chi connectivity index (χ2v) is 6.48. The number of benzene rings is 2. The molecule has 26 heavy (non-hydrogen) atoms. The third kappa shape index (κ3) is 4.14. The quantitative estimate of drug-likeness (QED) is 0.787. The van der Waals surface area contributed by atoms with Crippen LogP contribution in [0.2, 0.25) is 0 Å². The van der Waals surface area contributed by atoms with Crippen LogP contribution in [0.4, 0.5) is 4.79 Å². The summed E-state index contributed by atoms with van der Waals surface area (Å²) in [5, 5.41) is 21.7. The molecule has 0 aromatic heterocycles. The summed E-state index contributed by atoms with van der Waals surface area (Å²) in [6.07, 6.45) is 1.48. The molecule has 6 nitrogen and oxygen atoms in total. The van der Waals surface area contributed by atoms with Crippen LogP contribution in [0.25, 0.3) is 0 Å². The van der Waals surface area contributed by atoms with E-state index in [0.29, 0.717) is 25.2 Å². The molecule has 0 bridgehead atoms. The predicted octanol–water partition coefficient (Wildman–Crippen LogP) is 3.18. The molecular weight excluding hydrogens is 332 g/mol. The van der Waals surface area contributed by atoms with Crippen LogP contribution in [0.15, 0.2) is 48.5 Å². The monoisotopic (exact) mass is 354 g/mol. The molecular formula is C20H22N2O4. The van der Waals surface area contributed by atoms with Gasteiger partial charge in [0, 0.05) is 19.6 Å². The molecule has 0 aliphatic carbocycles. The summed E-state index contributed by atoms with van der Waals surface area (Å²) in [7, 11) is 0. The molecule has 2 amide bonds. The minimum Gasteiger partial charge on any atom is -0.508 e. The van der Waals surface area contributed by atoms with Gasteiger partial charge in [0.25, 0.3) is 0 Å². The third-order valence-corrected chi connectivity index (χ3v) is 4.77. The van der Waals surface area contributed by atoms with Gasteiger partial charge in [0.1, 0.15) is 5.75 Å². The zero-order valence-corrected chi connectivity index (χ0v) is 14.4. The summed E-state index contributed by atoms with van der Waals surface area (Å²) in [4.78, 5) is 25.5. The number of urea groups is 1. The first-order chi connectivity index (χ1) is 12.5. The van der Waals surface area contributed by atoms with Gasteiger partial charge >= 0.3 is 12.0 Å². The highest BCUT2D eigenvalue weighted by molar-refractivity contribution is 5.89. The van der Waals surface area contributed by atoms with Crippen molar-refractivity contribution in [2.45, 2.75) is 25.3 Å². The number of aromatic carboxylic acids is 1. The van der Waals surface area contributed by atoms with Crippen LogP contribution >= 0.6 is 0 Å². The number of carbonyl (C=O) groups is 2. The lowest BCUT2D eigenvalue weighted by Gasteiger charge is -2.32. The maximum atomic E-state index is 12.3. The standard InChI is InChI=1S/C20H22N2O4/c23-16-5-3-4-14(12-16)13-21-20(26)22-10-8-15(9-11-22)17-6-1-2-7-18(17)19(24)25/h1-7,12,15,23H,8-11,13H2,(H,21,26)(H,24,25). The summed E-state index contributed by atoms with van der Waals surface area (Å²) < 4.78 is 0. The number of carbonyl (C=O) groups excluding carboxylic acids is 1. The molecule has 0 atom stereocenters. The van der Waals surface area contributed by atoms with E-state index >= 15 is 0 Å². The second-order valence-electron chi connectivity index (χ2n) is 6.48. The topological polar surface area (TPSA) is 89.9 Å². The van der Waals surface area contributed by atoms with Crippen molar-refractivity contribution in [3.63, 3.8) is 0 Å². The van der Waals surface area contributed by atoms with Gasteiger partial charge in [0.15, 0.2) is 0 Å². The summed E-state index contributed by atoms with van der Waals surface area (Å²) in [5.41, 5.74) is 2.03. The van der Waals surface area contributed by atoms with Gasteiger partial charge in [-0.2, -0.15) is 0 Å². The predicted molar refractivity (Wildman–Crippen MR) is 97.3 cm³/mol. The highest BCUT2D eigenvalue weighted by Crippen LogP contribution is 2.30. The zero-order valence-electron chi connectivity index (χ0n) is 14.4. The van der Waals surface area contributed by atoms with E-state index in [1.807, 2.05) is 18.2 Å². The van der Waals surface area contributed by atoms with Crippen LogP contribution < -0.4 is 5.32 Å². The molecule has 2 aromatic rings. The molecule has 1 saturated heterocycles. The zero-order chi connectivity index (χ0) is 18.5. The number of rotatable bonds is 4. The Morgan fingerprint density at radius 1 is 1.08 bits per heavy atom. The van der Waals surface area contributed by atoms with Gasteiger partial charge < -0.3 is 20.4 Å². The Morgan fingerprint density at radius 3 is 2.50 bits per heavy atom. The van der Waals surface area contributed by atoms with E-state index in [0.717, 1.165) is 24.0 Å². The first-order valence-corrected chi connectivity index (χ1v) is 8.67. The Balaban J connectivity index is 1.55. The Bertz CT molecular complexity index is 798. The van der Waals surface area contributed by atoms with Gasteiger partial charge in [0.2, 0.25) is 0 Å². The summed E-state index contributed by atoms with van der Waals surface area (Å²) in [5.74, 6) is -0.584. The largest absolute Gasteiger partial charge is 0.508 e. The number of piperidine rings is 1. The smallest absolute Gasteiger partial charge is 0.335 e. The summed E-state index contributed by atoms with van der Waals surface area (Å²) in [6.45, 7) is 1.53. The highest BCUT2D eigenvalue weighted by Gasteiger charge is 2.26. The number of carboxylic acids is 1. The fraction of sp³-hybridized carbons (Fsp3) is 0.300. The average Bonchev–Trinajstić information content (AvgIpc) is 2.66. The van der Waals surface area contributed by atoms with Crippen molar-refractivity contribution < 1.29 is 19.8 Å². The van der Waals surface area contributed by atoms with Crippen molar-refractivity contribution in [2.24, 2.45) is 0 Å². The van der Waals surface area contributed by atoms with E-state index in [1.54, 1.807) is 35.2 Å². The molecule has 0 spiro atoms. The van der Waals surface area contributed by atoms with Crippen LogP contribution in [0.1, 0.15) is 40.2 Å². The Labute approximate surface area is 152 Å². The van der Waals surface area contributed by atoms with Gasteiger partial charge in [-0.15, -0.1) is 0 Å².